The zero-order valence-corrected chi connectivity index (χ0v) is 13.6. The fourth-order valence-electron chi connectivity index (χ4n) is 1.81. The van der Waals surface area contributed by atoms with Crippen molar-refractivity contribution in [3.63, 3.8) is 0 Å². The normalized spacial score (nSPS) is 10.3. The van der Waals surface area contributed by atoms with Crippen molar-refractivity contribution in [3.8, 4) is 5.75 Å². The number of benzene rings is 1. The lowest BCUT2D eigenvalue weighted by atomic mass is 10.2. The second-order valence-electron chi connectivity index (χ2n) is 4.22. The fraction of sp³-hybridized carbons (Fsp3) is 0.154. The van der Waals surface area contributed by atoms with Crippen LogP contribution in [0.5, 0.6) is 5.75 Å². The van der Waals surface area contributed by atoms with Gasteiger partial charge < -0.3 is 21.6 Å². The molecule has 1 heterocycles. The van der Waals surface area contributed by atoms with Gasteiger partial charge in [0.05, 0.1) is 7.11 Å². The lowest BCUT2D eigenvalue weighted by molar-refractivity contribution is 0.102. The van der Waals surface area contributed by atoms with E-state index < -0.39 is 5.91 Å². The average molecular weight is 337 g/mol. The third-order valence-electron chi connectivity index (χ3n) is 2.88. The van der Waals surface area contributed by atoms with Crippen LogP contribution in [0.1, 0.15) is 10.4 Å². The Morgan fingerprint density at radius 2 is 2.05 bits per heavy atom. The van der Waals surface area contributed by atoms with Crippen molar-refractivity contribution >= 4 is 41.4 Å². The molecule has 5 N–H and O–H groups in total. The molecule has 2 aromatic rings. The van der Waals surface area contributed by atoms with Gasteiger partial charge in [0, 0.05) is 5.69 Å². The first-order valence-corrected chi connectivity index (χ1v) is 7.78. The van der Waals surface area contributed by atoms with Crippen LogP contribution in [0.2, 0.25) is 0 Å². The number of methoxy groups -OCH3 is 1. The lowest BCUT2D eigenvalue weighted by Crippen LogP contribution is -2.23. The number of nitrogen functional groups attached to an aromatic ring is 2. The predicted octanol–water partition coefficient (Wildman–Crippen LogP) is 1.89. The zero-order chi connectivity index (χ0) is 16.3. The van der Waals surface area contributed by atoms with Gasteiger partial charge in [0.1, 0.15) is 22.2 Å². The molecule has 1 aromatic heterocycles. The van der Waals surface area contributed by atoms with E-state index in [2.05, 4.69) is 10.3 Å². The van der Waals surface area contributed by atoms with Gasteiger partial charge in [-0.3, -0.25) is 4.79 Å². The van der Waals surface area contributed by atoms with Gasteiger partial charge in [-0.2, -0.15) is 0 Å². The van der Waals surface area contributed by atoms with E-state index in [1.54, 1.807) is 37.6 Å². The standard InChI is InChI=1S/C13H15N5O2S2/c1-20-8-5-3-7(4-6-8)16-11(19)9-10(14)17-13(21)18(15)12(9)22-2/h3-6H,15H2,1-2H3,(H,16,19)(H2,14,17,21). The molecule has 0 aliphatic rings. The maximum absolute atomic E-state index is 12.5. The second-order valence-corrected chi connectivity index (χ2v) is 5.38. The smallest absolute Gasteiger partial charge is 0.262 e. The molecule has 9 heteroatoms. The number of hydrogen-bond acceptors (Lipinski definition) is 7. The summed E-state index contributed by atoms with van der Waals surface area (Å²) in [6.07, 6.45) is 1.77. The minimum atomic E-state index is -0.409. The van der Waals surface area contributed by atoms with E-state index in [9.17, 15) is 4.79 Å². The highest BCUT2D eigenvalue weighted by atomic mass is 32.2. The first-order valence-electron chi connectivity index (χ1n) is 6.15. The molecule has 1 amide bonds. The van der Waals surface area contributed by atoms with Gasteiger partial charge in [0.25, 0.3) is 5.91 Å². The van der Waals surface area contributed by atoms with Gasteiger partial charge in [0.2, 0.25) is 4.77 Å². The minimum Gasteiger partial charge on any atom is -0.497 e. The number of carbonyl (C=O) groups is 1. The number of nitrogens with zero attached hydrogens (tertiary/aromatic N) is 2. The Kier molecular flexibility index (Phi) is 4.88. The molecule has 0 radical (unpaired) electrons. The van der Waals surface area contributed by atoms with Gasteiger partial charge in [-0.05, 0) is 42.7 Å². The summed E-state index contributed by atoms with van der Waals surface area (Å²) in [6.45, 7) is 0. The summed E-state index contributed by atoms with van der Waals surface area (Å²) in [5.74, 6) is 6.14. The van der Waals surface area contributed by atoms with Crippen molar-refractivity contribution < 1.29 is 9.53 Å². The van der Waals surface area contributed by atoms with E-state index in [-0.39, 0.29) is 16.2 Å². The summed E-state index contributed by atoms with van der Waals surface area (Å²) < 4.78 is 6.35. The molecular formula is C13H15N5O2S2. The van der Waals surface area contributed by atoms with Gasteiger partial charge >= 0.3 is 0 Å². The predicted molar refractivity (Wildman–Crippen MR) is 90.4 cm³/mol. The Balaban J connectivity index is 2.36. The number of nitrogens with two attached hydrogens (primary N) is 2. The van der Waals surface area contributed by atoms with Gasteiger partial charge in [-0.1, -0.05) is 0 Å². The highest BCUT2D eigenvalue weighted by molar-refractivity contribution is 7.98. The molecular weight excluding hydrogens is 322 g/mol. The van der Waals surface area contributed by atoms with Crippen LogP contribution >= 0.6 is 24.0 Å². The third kappa shape index (κ3) is 3.15. The van der Waals surface area contributed by atoms with Crippen molar-refractivity contribution in [2.24, 2.45) is 0 Å². The summed E-state index contributed by atoms with van der Waals surface area (Å²) in [5, 5.41) is 3.19. The number of anilines is 2. The summed E-state index contributed by atoms with van der Waals surface area (Å²) in [7, 11) is 1.57. The van der Waals surface area contributed by atoms with Gasteiger partial charge in [0.15, 0.2) is 0 Å². The molecule has 0 spiro atoms. The molecule has 116 valence electrons. The third-order valence-corrected chi connectivity index (χ3v) is 3.95. The lowest BCUT2D eigenvalue weighted by Gasteiger charge is -2.14. The molecule has 22 heavy (non-hydrogen) atoms. The summed E-state index contributed by atoms with van der Waals surface area (Å²) >= 11 is 6.25. The van der Waals surface area contributed by atoms with E-state index in [0.717, 1.165) is 0 Å². The molecule has 0 atom stereocenters. The highest BCUT2D eigenvalue weighted by Crippen LogP contribution is 2.24. The summed E-state index contributed by atoms with van der Waals surface area (Å²) in [6, 6.07) is 6.92. The number of thioether (sulfide) groups is 1. The average Bonchev–Trinajstić information content (AvgIpc) is 2.51. The minimum absolute atomic E-state index is 0.0436. The Morgan fingerprint density at radius 1 is 1.41 bits per heavy atom. The molecule has 1 aromatic carbocycles. The summed E-state index contributed by atoms with van der Waals surface area (Å²) in [4.78, 5) is 16.4. The highest BCUT2D eigenvalue weighted by Gasteiger charge is 2.19. The Labute approximate surface area is 136 Å². The molecule has 0 aliphatic carbocycles. The first-order chi connectivity index (χ1) is 10.5. The topological polar surface area (TPSA) is 108 Å². The van der Waals surface area contributed by atoms with E-state index >= 15 is 0 Å². The molecule has 0 bridgehead atoms. The van der Waals surface area contributed by atoms with Crippen LogP contribution in [0, 0.1) is 4.77 Å². The quantitative estimate of drug-likeness (QED) is 0.338. The number of aromatic nitrogens is 2. The Morgan fingerprint density at radius 3 is 2.59 bits per heavy atom. The molecule has 0 saturated carbocycles. The number of nitrogens with one attached hydrogen (secondary N) is 1. The van der Waals surface area contributed by atoms with Crippen molar-refractivity contribution in [1.29, 1.82) is 0 Å². The van der Waals surface area contributed by atoms with Crippen LogP contribution in [0.15, 0.2) is 29.3 Å². The SMILES string of the molecule is COc1ccc(NC(=O)c2c(N)nc(=S)n(N)c2SC)cc1. The second kappa shape index (κ2) is 6.67. The van der Waals surface area contributed by atoms with Crippen molar-refractivity contribution in [2.75, 3.05) is 30.3 Å². The first kappa shape index (κ1) is 16.1. The van der Waals surface area contributed by atoms with Crippen molar-refractivity contribution in [3.05, 3.63) is 34.6 Å². The molecule has 0 unspecified atom stereocenters. The van der Waals surface area contributed by atoms with Gasteiger partial charge in [-0.15, -0.1) is 11.8 Å². The maximum Gasteiger partial charge on any atom is 0.262 e. The summed E-state index contributed by atoms with van der Waals surface area (Å²) in [5.41, 5.74) is 6.62. The molecule has 0 aliphatic heterocycles. The van der Waals surface area contributed by atoms with E-state index in [1.165, 1.54) is 16.4 Å². The van der Waals surface area contributed by atoms with Crippen LogP contribution in [0.3, 0.4) is 0 Å². The zero-order valence-electron chi connectivity index (χ0n) is 12.0. The molecule has 7 nitrogen and oxygen atoms in total. The number of carbonyl (C=O) groups excluding carboxylic acids is 1. The van der Waals surface area contributed by atoms with Gasteiger partial charge in [-0.25, -0.2) is 9.66 Å². The Hall–Kier alpha value is -2.26. The molecule has 2 rings (SSSR count). The van der Waals surface area contributed by atoms with E-state index in [0.29, 0.717) is 16.5 Å². The van der Waals surface area contributed by atoms with E-state index in [1.807, 2.05) is 0 Å². The molecule has 0 saturated heterocycles. The molecule has 0 fully saturated rings. The monoisotopic (exact) mass is 337 g/mol. The van der Waals surface area contributed by atoms with Crippen LogP contribution in [0.25, 0.3) is 0 Å². The largest absolute Gasteiger partial charge is 0.497 e. The van der Waals surface area contributed by atoms with Crippen molar-refractivity contribution in [1.82, 2.24) is 9.66 Å². The number of ether oxygens (including phenoxy) is 1. The number of hydrogen-bond donors (Lipinski definition) is 3. The number of amides is 1. The van der Waals surface area contributed by atoms with Crippen molar-refractivity contribution in [2.45, 2.75) is 5.03 Å². The van der Waals surface area contributed by atoms with Crippen LogP contribution in [-0.2, 0) is 0 Å². The van der Waals surface area contributed by atoms with E-state index in [4.69, 9.17) is 28.5 Å². The van der Waals surface area contributed by atoms with Crippen LogP contribution in [-0.4, -0.2) is 28.9 Å². The maximum atomic E-state index is 12.5. The van der Waals surface area contributed by atoms with Crippen LogP contribution in [0.4, 0.5) is 11.5 Å². The number of rotatable bonds is 4. The Bertz CT molecular complexity index is 758. The fourth-order valence-corrected chi connectivity index (χ4v) is 2.74. The van der Waals surface area contributed by atoms with Crippen LogP contribution < -0.4 is 21.6 Å².